The van der Waals surface area contributed by atoms with Crippen LogP contribution in [0.15, 0.2) is 0 Å². The summed E-state index contributed by atoms with van der Waals surface area (Å²) in [5, 5.41) is 0.903. The van der Waals surface area contributed by atoms with Gasteiger partial charge in [0, 0.05) is 6.54 Å². The van der Waals surface area contributed by atoms with Crippen molar-refractivity contribution in [1.29, 1.82) is 0 Å². The lowest BCUT2D eigenvalue weighted by molar-refractivity contribution is -0.361. The zero-order valence-corrected chi connectivity index (χ0v) is 7.77. The first-order chi connectivity index (χ1) is 6.56. The SMILES string of the molecule is CCCCNC(F)(F)C(F)(F)C(F)(F)F. The van der Waals surface area contributed by atoms with Crippen molar-refractivity contribution in [2.24, 2.45) is 0 Å². The van der Waals surface area contributed by atoms with E-state index in [4.69, 9.17) is 0 Å². The Kier molecular flexibility index (Phi) is 4.38. The van der Waals surface area contributed by atoms with Gasteiger partial charge in [0.1, 0.15) is 0 Å². The highest BCUT2D eigenvalue weighted by molar-refractivity contribution is 4.89. The van der Waals surface area contributed by atoms with Crippen LogP contribution in [0.5, 0.6) is 0 Å². The summed E-state index contributed by atoms with van der Waals surface area (Å²) in [7, 11) is 0. The average Bonchev–Trinajstić information content (AvgIpc) is 2.02. The van der Waals surface area contributed by atoms with Crippen molar-refractivity contribution in [3.63, 3.8) is 0 Å². The Morgan fingerprint density at radius 1 is 0.933 bits per heavy atom. The standard InChI is InChI=1S/C7H10F7N/c1-2-3-4-15-7(13,14)5(8,9)6(10,11)12/h15H,2-4H2,1H3. The first-order valence-corrected chi connectivity index (χ1v) is 4.13. The average molecular weight is 241 g/mol. The van der Waals surface area contributed by atoms with E-state index < -0.39 is 24.7 Å². The molecule has 0 spiro atoms. The first kappa shape index (κ1) is 14.5. The monoisotopic (exact) mass is 241 g/mol. The summed E-state index contributed by atoms with van der Waals surface area (Å²) in [5.41, 5.74) is 0. The number of halogens is 7. The smallest absolute Gasteiger partial charge is 0.253 e. The molecule has 1 nitrogen and oxygen atoms in total. The Labute approximate surface area is 81.6 Å². The Hall–Kier alpha value is -0.530. The minimum Gasteiger partial charge on any atom is -0.253 e. The van der Waals surface area contributed by atoms with Crippen molar-refractivity contribution < 1.29 is 30.7 Å². The van der Waals surface area contributed by atoms with Crippen molar-refractivity contribution in [3.05, 3.63) is 0 Å². The molecule has 0 radical (unpaired) electrons. The molecule has 0 saturated carbocycles. The maximum Gasteiger partial charge on any atom is 0.461 e. The van der Waals surface area contributed by atoms with Gasteiger partial charge in [0.15, 0.2) is 0 Å². The second-order valence-corrected chi connectivity index (χ2v) is 2.93. The number of alkyl halides is 7. The van der Waals surface area contributed by atoms with E-state index in [0.717, 1.165) is 5.32 Å². The van der Waals surface area contributed by atoms with Crippen molar-refractivity contribution >= 4 is 0 Å². The largest absolute Gasteiger partial charge is 0.461 e. The van der Waals surface area contributed by atoms with E-state index in [1.165, 1.54) is 0 Å². The third-order valence-electron chi connectivity index (χ3n) is 1.63. The number of unbranched alkanes of at least 4 members (excludes halogenated alkanes) is 1. The summed E-state index contributed by atoms with van der Waals surface area (Å²) in [4.78, 5) is 0. The van der Waals surface area contributed by atoms with Crippen LogP contribution in [0.2, 0.25) is 0 Å². The highest BCUT2D eigenvalue weighted by atomic mass is 19.4. The predicted molar refractivity (Wildman–Crippen MR) is 38.9 cm³/mol. The molecular formula is C7H10F7N. The second-order valence-electron chi connectivity index (χ2n) is 2.93. The van der Waals surface area contributed by atoms with Gasteiger partial charge in [0.05, 0.1) is 0 Å². The number of hydrogen-bond acceptors (Lipinski definition) is 1. The van der Waals surface area contributed by atoms with Crippen LogP contribution in [0, 0.1) is 0 Å². The normalized spacial score (nSPS) is 14.4. The topological polar surface area (TPSA) is 12.0 Å². The fourth-order valence-electron chi connectivity index (χ4n) is 0.711. The number of rotatable bonds is 5. The molecule has 0 aromatic heterocycles. The van der Waals surface area contributed by atoms with Crippen molar-refractivity contribution in [2.45, 2.75) is 37.9 Å². The van der Waals surface area contributed by atoms with Crippen LogP contribution < -0.4 is 5.32 Å². The van der Waals surface area contributed by atoms with E-state index in [9.17, 15) is 30.7 Å². The van der Waals surface area contributed by atoms with E-state index in [-0.39, 0.29) is 6.42 Å². The Morgan fingerprint density at radius 2 is 1.40 bits per heavy atom. The van der Waals surface area contributed by atoms with Crippen molar-refractivity contribution in [3.8, 4) is 0 Å². The highest BCUT2D eigenvalue weighted by Gasteiger charge is 2.72. The van der Waals surface area contributed by atoms with Gasteiger partial charge >= 0.3 is 18.1 Å². The Bertz CT molecular complexity index is 198. The second kappa shape index (κ2) is 4.54. The molecule has 0 aliphatic heterocycles. The molecule has 0 unspecified atom stereocenters. The van der Waals surface area contributed by atoms with E-state index in [0.29, 0.717) is 6.42 Å². The minimum absolute atomic E-state index is 0.0868. The van der Waals surface area contributed by atoms with E-state index >= 15 is 0 Å². The van der Waals surface area contributed by atoms with Crippen LogP contribution in [-0.2, 0) is 0 Å². The van der Waals surface area contributed by atoms with Gasteiger partial charge in [-0.05, 0) is 6.42 Å². The van der Waals surface area contributed by atoms with Crippen LogP contribution in [0.4, 0.5) is 30.7 Å². The van der Waals surface area contributed by atoms with Crippen molar-refractivity contribution in [1.82, 2.24) is 5.32 Å². The Morgan fingerprint density at radius 3 is 1.73 bits per heavy atom. The lowest BCUT2D eigenvalue weighted by Gasteiger charge is -2.28. The van der Waals surface area contributed by atoms with E-state index in [2.05, 4.69) is 0 Å². The van der Waals surface area contributed by atoms with Gasteiger partial charge in [-0.1, -0.05) is 13.3 Å². The lowest BCUT2D eigenvalue weighted by Crippen LogP contribution is -2.59. The summed E-state index contributed by atoms with van der Waals surface area (Å²) in [6.07, 6.45) is -5.78. The van der Waals surface area contributed by atoms with Crippen LogP contribution in [0.3, 0.4) is 0 Å². The van der Waals surface area contributed by atoms with Crippen molar-refractivity contribution in [2.75, 3.05) is 6.54 Å². The van der Waals surface area contributed by atoms with Gasteiger partial charge in [-0.2, -0.15) is 30.7 Å². The summed E-state index contributed by atoms with van der Waals surface area (Å²) in [6, 6.07) is -5.28. The van der Waals surface area contributed by atoms with Gasteiger partial charge in [-0.3, -0.25) is 5.32 Å². The van der Waals surface area contributed by atoms with E-state index in [1.54, 1.807) is 6.92 Å². The molecule has 0 aromatic carbocycles. The quantitative estimate of drug-likeness (QED) is 0.443. The van der Waals surface area contributed by atoms with Gasteiger partial charge < -0.3 is 0 Å². The molecule has 0 aromatic rings. The van der Waals surface area contributed by atoms with Crippen LogP contribution in [0.25, 0.3) is 0 Å². The summed E-state index contributed by atoms with van der Waals surface area (Å²) < 4.78 is 84.0. The molecule has 0 aliphatic rings. The molecule has 15 heavy (non-hydrogen) atoms. The van der Waals surface area contributed by atoms with Gasteiger partial charge in [0.25, 0.3) is 0 Å². The molecule has 8 heteroatoms. The van der Waals surface area contributed by atoms with Crippen LogP contribution in [0.1, 0.15) is 19.8 Å². The summed E-state index contributed by atoms with van der Waals surface area (Å²) >= 11 is 0. The molecule has 92 valence electrons. The Balaban J connectivity index is 4.56. The maximum atomic E-state index is 12.4. The molecule has 1 N–H and O–H groups in total. The third kappa shape index (κ3) is 3.22. The fourth-order valence-corrected chi connectivity index (χ4v) is 0.711. The molecular weight excluding hydrogens is 231 g/mol. The third-order valence-corrected chi connectivity index (χ3v) is 1.63. The molecule has 0 aliphatic carbocycles. The zero-order chi connectivity index (χ0) is 12.3. The zero-order valence-electron chi connectivity index (χ0n) is 7.77. The predicted octanol–water partition coefficient (Wildman–Crippen LogP) is 3.17. The molecule has 0 fully saturated rings. The number of nitrogens with one attached hydrogen (secondary N) is 1. The first-order valence-electron chi connectivity index (χ1n) is 4.13. The van der Waals surface area contributed by atoms with Gasteiger partial charge in [-0.15, -0.1) is 0 Å². The molecule has 0 amide bonds. The van der Waals surface area contributed by atoms with Crippen LogP contribution >= 0.6 is 0 Å². The van der Waals surface area contributed by atoms with Gasteiger partial charge in [0.2, 0.25) is 0 Å². The molecule has 0 rings (SSSR count). The summed E-state index contributed by atoms with van der Waals surface area (Å²) in [6.45, 7) is 0.983. The van der Waals surface area contributed by atoms with E-state index in [1.807, 2.05) is 0 Å². The van der Waals surface area contributed by atoms with Crippen LogP contribution in [-0.4, -0.2) is 24.7 Å². The summed E-state index contributed by atoms with van der Waals surface area (Å²) in [5.74, 6) is -6.06. The number of hydrogen-bond donors (Lipinski definition) is 1. The molecule has 0 bridgehead atoms. The molecule has 0 heterocycles. The highest BCUT2D eigenvalue weighted by Crippen LogP contribution is 2.44. The minimum atomic E-state index is -6.27. The molecule has 0 atom stereocenters. The fraction of sp³-hybridized carbons (Fsp3) is 1.00. The molecule has 0 saturated heterocycles. The maximum absolute atomic E-state index is 12.4. The lowest BCUT2D eigenvalue weighted by atomic mass is 10.2. The van der Waals surface area contributed by atoms with Gasteiger partial charge in [-0.25, -0.2) is 0 Å².